The number of benzene rings is 3. The van der Waals surface area contributed by atoms with E-state index in [0.717, 1.165) is 5.39 Å². The Labute approximate surface area is 227 Å². The fourth-order valence-electron chi connectivity index (χ4n) is 5.15. The molecule has 5 rings (SSSR count). The first-order valence-corrected chi connectivity index (χ1v) is 12.7. The van der Waals surface area contributed by atoms with Crippen molar-refractivity contribution in [1.29, 1.82) is 0 Å². The lowest BCUT2D eigenvalue weighted by Gasteiger charge is -2.45. The zero-order chi connectivity index (χ0) is 28.7. The summed E-state index contributed by atoms with van der Waals surface area (Å²) in [5.41, 5.74) is 0. The lowest BCUT2D eigenvalue weighted by molar-refractivity contribution is -0.357. The summed E-state index contributed by atoms with van der Waals surface area (Å²) in [6, 6.07) is 11.9. The molecule has 0 spiro atoms. The van der Waals surface area contributed by atoms with Crippen molar-refractivity contribution in [2.45, 2.75) is 61.4 Å². The van der Waals surface area contributed by atoms with Crippen LogP contribution in [0.3, 0.4) is 0 Å². The van der Waals surface area contributed by atoms with Gasteiger partial charge in [-0.25, -0.2) is 0 Å². The molecule has 0 bridgehead atoms. The number of phenolic OH excluding ortho intramolecular Hbond substituents is 1. The Morgan fingerprint density at radius 2 is 1.38 bits per heavy atom. The predicted octanol–water partition coefficient (Wildman–Crippen LogP) is -1.29. The summed E-state index contributed by atoms with van der Waals surface area (Å²) in [4.78, 5) is 0. The van der Waals surface area contributed by atoms with Gasteiger partial charge in [0.2, 0.25) is 6.29 Å². The molecule has 0 aromatic heterocycles. The van der Waals surface area contributed by atoms with Crippen LogP contribution in [0.4, 0.5) is 0 Å². The first-order chi connectivity index (χ1) is 19.2. The maximum absolute atomic E-state index is 10.9. The summed E-state index contributed by atoms with van der Waals surface area (Å²) in [7, 11) is 1.45. The monoisotopic (exact) mass is 564 g/mol. The molecule has 218 valence electrons. The highest BCUT2D eigenvalue weighted by Crippen LogP contribution is 2.41. The van der Waals surface area contributed by atoms with Gasteiger partial charge in [-0.2, -0.15) is 0 Å². The fourth-order valence-corrected chi connectivity index (χ4v) is 5.15. The van der Waals surface area contributed by atoms with E-state index in [-0.39, 0.29) is 11.5 Å². The average molecular weight is 565 g/mol. The van der Waals surface area contributed by atoms with Crippen molar-refractivity contribution in [3.63, 3.8) is 0 Å². The molecule has 10 unspecified atom stereocenters. The molecule has 8 N–H and O–H groups in total. The van der Waals surface area contributed by atoms with Gasteiger partial charge in [-0.1, -0.05) is 24.3 Å². The van der Waals surface area contributed by atoms with Crippen molar-refractivity contribution in [1.82, 2.24) is 0 Å². The third-order valence-electron chi connectivity index (χ3n) is 7.31. The summed E-state index contributed by atoms with van der Waals surface area (Å²) in [6.45, 7) is -1.37. The quantitative estimate of drug-likeness (QED) is 0.157. The van der Waals surface area contributed by atoms with Crippen molar-refractivity contribution in [2.24, 2.45) is 0 Å². The van der Waals surface area contributed by atoms with Gasteiger partial charge in [0, 0.05) is 16.8 Å². The summed E-state index contributed by atoms with van der Waals surface area (Å²) in [5.74, 6) is 0.578. The van der Waals surface area contributed by atoms with E-state index in [0.29, 0.717) is 21.9 Å². The van der Waals surface area contributed by atoms with Crippen LogP contribution in [0.25, 0.3) is 21.5 Å². The van der Waals surface area contributed by atoms with E-state index in [1.807, 2.05) is 12.1 Å². The largest absolute Gasteiger partial charge is 0.507 e. The smallest absolute Gasteiger partial charge is 0.229 e. The van der Waals surface area contributed by atoms with Gasteiger partial charge in [0.05, 0.1) is 20.3 Å². The second-order valence-electron chi connectivity index (χ2n) is 9.79. The van der Waals surface area contributed by atoms with Crippen LogP contribution in [0.5, 0.6) is 17.2 Å². The number of hydrogen-bond acceptors (Lipinski definition) is 13. The van der Waals surface area contributed by atoms with Crippen LogP contribution in [0.2, 0.25) is 0 Å². The van der Waals surface area contributed by atoms with Gasteiger partial charge in [-0.15, -0.1) is 0 Å². The minimum absolute atomic E-state index is 0.0570. The molecule has 13 heteroatoms. The Bertz CT molecular complexity index is 1330. The van der Waals surface area contributed by atoms with Crippen LogP contribution in [-0.2, 0) is 14.2 Å². The minimum atomic E-state index is -1.79. The van der Waals surface area contributed by atoms with E-state index in [4.69, 9.17) is 23.7 Å². The molecule has 3 aromatic carbocycles. The highest BCUT2D eigenvalue weighted by atomic mass is 16.8. The van der Waals surface area contributed by atoms with Gasteiger partial charge in [0.15, 0.2) is 12.4 Å². The average Bonchev–Trinajstić information content (AvgIpc) is 2.96. The van der Waals surface area contributed by atoms with E-state index in [9.17, 15) is 40.9 Å². The van der Waals surface area contributed by atoms with E-state index >= 15 is 0 Å². The van der Waals surface area contributed by atoms with Crippen molar-refractivity contribution in [3.05, 3.63) is 42.5 Å². The lowest BCUT2D eigenvalue weighted by atomic mass is 9.97. The maximum atomic E-state index is 10.9. The fraction of sp³-hybridized carbons (Fsp3) is 0.481. The normalized spacial score (nSPS) is 34.7. The Hall–Kier alpha value is -2.82. The van der Waals surface area contributed by atoms with E-state index < -0.39 is 74.6 Å². The third kappa shape index (κ3) is 5.05. The van der Waals surface area contributed by atoms with Gasteiger partial charge in [-0.3, -0.25) is 0 Å². The molecule has 3 aromatic rings. The number of aliphatic hydroxyl groups is 7. The number of hydrogen-bond donors (Lipinski definition) is 8. The second-order valence-corrected chi connectivity index (χ2v) is 9.79. The molecule has 10 atom stereocenters. The van der Waals surface area contributed by atoms with E-state index in [1.54, 1.807) is 24.3 Å². The number of rotatable bonds is 7. The highest BCUT2D eigenvalue weighted by molar-refractivity contribution is 6.13. The molecular weight excluding hydrogens is 532 g/mol. The molecule has 0 aliphatic carbocycles. The minimum Gasteiger partial charge on any atom is -0.507 e. The Morgan fingerprint density at radius 3 is 2.05 bits per heavy atom. The Balaban J connectivity index is 1.49. The molecular formula is C27H32O13. The molecule has 40 heavy (non-hydrogen) atoms. The first kappa shape index (κ1) is 28.7. The lowest BCUT2D eigenvalue weighted by Crippen LogP contribution is -2.65. The zero-order valence-corrected chi connectivity index (χ0v) is 21.3. The van der Waals surface area contributed by atoms with Gasteiger partial charge in [-0.05, 0) is 22.9 Å². The molecule has 2 saturated heterocycles. The predicted molar refractivity (Wildman–Crippen MR) is 137 cm³/mol. The molecule has 0 radical (unpaired) electrons. The van der Waals surface area contributed by atoms with Gasteiger partial charge in [0.25, 0.3) is 0 Å². The molecule has 0 amide bonds. The number of aromatic hydroxyl groups is 1. The number of fused-ring (bicyclic) bond motifs is 3. The molecule has 2 heterocycles. The molecule has 2 aliphatic heterocycles. The summed E-state index contributed by atoms with van der Waals surface area (Å²) in [5, 5.41) is 84.3. The Kier molecular flexibility index (Phi) is 8.31. The van der Waals surface area contributed by atoms with Crippen molar-refractivity contribution in [3.8, 4) is 17.2 Å². The molecule has 0 saturated carbocycles. The Morgan fingerprint density at radius 1 is 0.725 bits per heavy atom. The van der Waals surface area contributed by atoms with Crippen LogP contribution in [0.1, 0.15) is 0 Å². The van der Waals surface area contributed by atoms with Crippen LogP contribution >= 0.6 is 0 Å². The van der Waals surface area contributed by atoms with Crippen molar-refractivity contribution in [2.75, 3.05) is 20.3 Å². The third-order valence-corrected chi connectivity index (χ3v) is 7.31. The summed E-state index contributed by atoms with van der Waals surface area (Å²) in [6.07, 6.45) is -15.8. The SMILES string of the molecule is COc1cc(OC2OC(CO)C(O)C(O)C2OC2OC(CO)C(O)C(O)C2O)cc2ccc3cccc(O)c3c12. The number of phenols is 1. The maximum Gasteiger partial charge on any atom is 0.229 e. The van der Waals surface area contributed by atoms with Gasteiger partial charge < -0.3 is 64.5 Å². The zero-order valence-electron chi connectivity index (χ0n) is 21.3. The van der Waals surface area contributed by atoms with Crippen LogP contribution in [0, 0.1) is 0 Å². The van der Waals surface area contributed by atoms with Crippen LogP contribution in [-0.4, -0.2) is 123 Å². The highest BCUT2D eigenvalue weighted by Gasteiger charge is 2.51. The molecule has 13 nitrogen and oxygen atoms in total. The van der Waals surface area contributed by atoms with Crippen LogP contribution in [0.15, 0.2) is 42.5 Å². The second kappa shape index (κ2) is 11.6. The summed E-state index contributed by atoms with van der Waals surface area (Å²) < 4.78 is 28.4. The van der Waals surface area contributed by atoms with Crippen LogP contribution < -0.4 is 9.47 Å². The van der Waals surface area contributed by atoms with Gasteiger partial charge >= 0.3 is 0 Å². The van der Waals surface area contributed by atoms with Gasteiger partial charge in [0.1, 0.15) is 60.0 Å². The standard InChI is InChI=1S/C27H32O13/c1-36-15-8-13(7-12-6-5-11-3-2-4-14(30)18(11)19(12)15)37-27-25(23(34)21(32)17(10-29)39-27)40-26-24(35)22(33)20(31)16(9-28)38-26/h2-8,16-17,20-35H,9-10H2,1H3. The van der Waals surface area contributed by atoms with E-state index in [1.165, 1.54) is 13.2 Å². The van der Waals surface area contributed by atoms with Crippen molar-refractivity contribution >= 4 is 21.5 Å². The first-order valence-electron chi connectivity index (χ1n) is 12.7. The summed E-state index contributed by atoms with van der Waals surface area (Å²) >= 11 is 0. The van der Waals surface area contributed by atoms with Crippen molar-refractivity contribution < 1.29 is 64.5 Å². The van der Waals surface area contributed by atoms with E-state index in [2.05, 4.69) is 0 Å². The topological polar surface area (TPSA) is 208 Å². The molecule has 2 aliphatic rings. The number of ether oxygens (including phenoxy) is 5. The number of aliphatic hydroxyl groups excluding tert-OH is 7. The number of methoxy groups -OCH3 is 1. The molecule has 2 fully saturated rings.